The molecule has 0 aromatic heterocycles. The second-order valence-corrected chi connectivity index (χ2v) is 7.36. The van der Waals surface area contributed by atoms with Crippen LogP contribution >= 0.6 is 0 Å². The minimum absolute atomic E-state index is 0.0260. The lowest BCUT2D eigenvalue weighted by Gasteiger charge is -2.19. The molecule has 0 unspecified atom stereocenters. The van der Waals surface area contributed by atoms with Gasteiger partial charge in [0.2, 0.25) is 5.91 Å². The Bertz CT molecular complexity index is 793. The highest BCUT2D eigenvalue weighted by molar-refractivity contribution is 5.95. The molecule has 0 heterocycles. The zero-order valence-corrected chi connectivity index (χ0v) is 15.7. The second kappa shape index (κ2) is 8.13. The molecule has 0 aliphatic heterocycles. The van der Waals surface area contributed by atoms with Crippen LogP contribution in [-0.4, -0.2) is 18.4 Å². The molecule has 26 heavy (non-hydrogen) atoms. The van der Waals surface area contributed by atoms with E-state index in [1.54, 1.807) is 24.3 Å². The topological polar surface area (TPSA) is 58.2 Å². The number of carbonyl (C=O) groups is 2. The lowest BCUT2D eigenvalue weighted by Crippen LogP contribution is -2.27. The van der Waals surface area contributed by atoms with Gasteiger partial charge in [0.05, 0.1) is 5.69 Å². The van der Waals surface area contributed by atoms with Crippen LogP contribution in [0, 0.1) is 12.7 Å². The number of anilines is 1. The van der Waals surface area contributed by atoms with Crippen molar-refractivity contribution in [1.29, 1.82) is 0 Å². The smallest absolute Gasteiger partial charge is 0.251 e. The van der Waals surface area contributed by atoms with E-state index in [0.717, 1.165) is 11.1 Å². The van der Waals surface area contributed by atoms with Crippen LogP contribution in [-0.2, 0) is 10.2 Å². The van der Waals surface area contributed by atoms with E-state index in [9.17, 15) is 14.0 Å². The molecule has 0 atom stereocenters. The molecule has 138 valence electrons. The van der Waals surface area contributed by atoms with Gasteiger partial charge in [-0.05, 0) is 47.7 Å². The molecule has 2 N–H and O–H groups in total. The van der Waals surface area contributed by atoms with Gasteiger partial charge in [0.15, 0.2) is 0 Å². The third kappa shape index (κ3) is 5.41. The first-order valence-electron chi connectivity index (χ1n) is 8.61. The van der Waals surface area contributed by atoms with Crippen molar-refractivity contribution < 1.29 is 14.0 Å². The van der Waals surface area contributed by atoms with E-state index >= 15 is 0 Å². The van der Waals surface area contributed by atoms with Crippen molar-refractivity contribution in [3.63, 3.8) is 0 Å². The van der Waals surface area contributed by atoms with Gasteiger partial charge in [-0.3, -0.25) is 9.59 Å². The Balaban J connectivity index is 1.84. The van der Waals surface area contributed by atoms with Crippen molar-refractivity contribution in [3.8, 4) is 0 Å². The molecule has 0 aliphatic rings. The summed E-state index contributed by atoms with van der Waals surface area (Å²) in [5.74, 6) is -1.07. The van der Waals surface area contributed by atoms with E-state index in [1.807, 2.05) is 19.1 Å². The summed E-state index contributed by atoms with van der Waals surface area (Å²) >= 11 is 0. The second-order valence-electron chi connectivity index (χ2n) is 7.36. The van der Waals surface area contributed by atoms with Gasteiger partial charge in [0.1, 0.15) is 5.82 Å². The fourth-order valence-electron chi connectivity index (χ4n) is 2.46. The predicted molar refractivity (Wildman–Crippen MR) is 102 cm³/mol. The summed E-state index contributed by atoms with van der Waals surface area (Å²) in [6.07, 6.45) is 0.0686. The number of amides is 2. The number of aryl methyl sites for hydroxylation is 1. The van der Waals surface area contributed by atoms with Crippen LogP contribution in [0.2, 0.25) is 0 Å². The van der Waals surface area contributed by atoms with Crippen molar-refractivity contribution in [2.45, 2.75) is 39.5 Å². The third-order valence-electron chi connectivity index (χ3n) is 4.05. The van der Waals surface area contributed by atoms with Gasteiger partial charge in [-0.15, -0.1) is 0 Å². The van der Waals surface area contributed by atoms with Gasteiger partial charge in [0, 0.05) is 18.5 Å². The molecule has 0 aliphatic carbocycles. The number of hydrogen-bond donors (Lipinski definition) is 2. The highest BCUT2D eigenvalue weighted by Gasteiger charge is 2.14. The zero-order valence-electron chi connectivity index (χ0n) is 15.7. The lowest BCUT2D eigenvalue weighted by atomic mass is 9.87. The molecule has 2 aromatic carbocycles. The summed E-state index contributed by atoms with van der Waals surface area (Å²) in [6, 6.07) is 11.9. The van der Waals surface area contributed by atoms with Gasteiger partial charge in [-0.1, -0.05) is 39.0 Å². The van der Waals surface area contributed by atoms with E-state index in [2.05, 4.69) is 31.4 Å². The minimum atomic E-state index is -0.480. The van der Waals surface area contributed by atoms with E-state index < -0.39 is 5.82 Å². The van der Waals surface area contributed by atoms with Crippen molar-refractivity contribution in [2.24, 2.45) is 0 Å². The van der Waals surface area contributed by atoms with Gasteiger partial charge < -0.3 is 10.6 Å². The van der Waals surface area contributed by atoms with Crippen LogP contribution in [0.4, 0.5) is 10.1 Å². The van der Waals surface area contributed by atoms with E-state index in [4.69, 9.17) is 0 Å². The Morgan fingerprint density at radius 1 is 1.04 bits per heavy atom. The van der Waals surface area contributed by atoms with Crippen LogP contribution in [0.5, 0.6) is 0 Å². The summed E-state index contributed by atoms with van der Waals surface area (Å²) in [5.41, 5.74) is 2.72. The van der Waals surface area contributed by atoms with Gasteiger partial charge in [-0.2, -0.15) is 0 Å². The van der Waals surface area contributed by atoms with Crippen molar-refractivity contribution in [3.05, 3.63) is 65.0 Å². The molecule has 2 rings (SSSR count). The molecule has 0 radical (unpaired) electrons. The predicted octanol–water partition coefficient (Wildman–Crippen LogP) is 4.19. The molecule has 0 saturated heterocycles. The number of hydrogen-bond acceptors (Lipinski definition) is 2. The van der Waals surface area contributed by atoms with Crippen LogP contribution in [0.3, 0.4) is 0 Å². The molecular formula is C21H25FN2O2. The fraction of sp³-hybridized carbons (Fsp3) is 0.333. The average Bonchev–Trinajstić information content (AvgIpc) is 2.57. The standard InChI is InChI=1S/C21H25FN2O2/c1-14-5-10-17(22)18(13-14)24-19(25)11-12-23-20(26)15-6-8-16(9-7-15)21(2,3)4/h5-10,13H,11-12H2,1-4H3,(H,23,26)(H,24,25). The molecular weight excluding hydrogens is 331 g/mol. The summed E-state index contributed by atoms with van der Waals surface area (Å²) in [5, 5.41) is 5.23. The number of benzene rings is 2. The zero-order chi connectivity index (χ0) is 19.3. The van der Waals surface area contributed by atoms with Crippen LogP contribution in [0.15, 0.2) is 42.5 Å². The molecule has 2 aromatic rings. The summed E-state index contributed by atoms with van der Waals surface area (Å²) in [4.78, 5) is 24.1. The van der Waals surface area contributed by atoms with E-state index in [1.165, 1.54) is 6.07 Å². The third-order valence-corrected chi connectivity index (χ3v) is 4.05. The van der Waals surface area contributed by atoms with Crippen molar-refractivity contribution >= 4 is 17.5 Å². The summed E-state index contributed by atoms with van der Waals surface area (Å²) in [7, 11) is 0. The number of rotatable bonds is 5. The Hall–Kier alpha value is -2.69. The highest BCUT2D eigenvalue weighted by Crippen LogP contribution is 2.22. The van der Waals surface area contributed by atoms with E-state index in [0.29, 0.717) is 5.56 Å². The maximum atomic E-state index is 13.6. The molecule has 4 nitrogen and oxygen atoms in total. The average molecular weight is 356 g/mol. The van der Waals surface area contributed by atoms with E-state index in [-0.39, 0.29) is 35.9 Å². The largest absolute Gasteiger partial charge is 0.352 e. The number of carbonyl (C=O) groups excluding carboxylic acids is 2. The first kappa shape index (κ1) is 19.6. The lowest BCUT2D eigenvalue weighted by molar-refractivity contribution is -0.116. The fourth-order valence-corrected chi connectivity index (χ4v) is 2.46. The Kier molecular flexibility index (Phi) is 6.14. The molecule has 0 fully saturated rings. The van der Waals surface area contributed by atoms with Gasteiger partial charge >= 0.3 is 0 Å². The Morgan fingerprint density at radius 2 is 1.69 bits per heavy atom. The number of halogens is 1. The molecule has 0 bridgehead atoms. The molecule has 0 saturated carbocycles. The summed E-state index contributed by atoms with van der Waals surface area (Å²) in [6.45, 7) is 8.33. The SMILES string of the molecule is Cc1ccc(F)c(NC(=O)CCNC(=O)c2ccc(C(C)(C)C)cc2)c1. The summed E-state index contributed by atoms with van der Waals surface area (Å²) < 4.78 is 13.6. The first-order chi connectivity index (χ1) is 12.2. The maximum absolute atomic E-state index is 13.6. The van der Waals surface area contributed by atoms with Crippen molar-refractivity contribution in [2.75, 3.05) is 11.9 Å². The maximum Gasteiger partial charge on any atom is 0.251 e. The quantitative estimate of drug-likeness (QED) is 0.844. The van der Waals surface area contributed by atoms with Crippen LogP contribution in [0.1, 0.15) is 48.7 Å². The van der Waals surface area contributed by atoms with Crippen LogP contribution < -0.4 is 10.6 Å². The first-order valence-corrected chi connectivity index (χ1v) is 8.61. The monoisotopic (exact) mass is 356 g/mol. The van der Waals surface area contributed by atoms with Gasteiger partial charge in [-0.25, -0.2) is 4.39 Å². The molecule has 5 heteroatoms. The van der Waals surface area contributed by atoms with Gasteiger partial charge in [0.25, 0.3) is 5.91 Å². The molecule has 2 amide bonds. The Morgan fingerprint density at radius 3 is 2.31 bits per heavy atom. The normalized spacial score (nSPS) is 11.1. The highest BCUT2D eigenvalue weighted by atomic mass is 19.1. The Labute approximate surface area is 153 Å². The number of nitrogens with one attached hydrogen (secondary N) is 2. The van der Waals surface area contributed by atoms with Crippen molar-refractivity contribution in [1.82, 2.24) is 5.32 Å². The minimum Gasteiger partial charge on any atom is -0.352 e. The molecule has 0 spiro atoms. The van der Waals surface area contributed by atoms with Crippen LogP contribution in [0.25, 0.3) is 0 Å².